The molecule has 0 heterocycles. The van der Waals surface area contributed by atoms with Crippen LogP contribution in [0.5, 0.6) is 0 Å². The van der Waals surface area contributed by atoms with Crippen molar-refractivity contribution in [2.24, 2.45) is 0 Å². The van der Waals surface area contributed by atoms with Gasteiger partial charge in [-0.15, -0.1) is 0 Å². The lowest BCUT2D eigenvalue weighted by atomic mass is 9.87. The van der Waals surface area contributed by atoms with Gasteiger partial charge in [0.15, 0.2) is 0 Å². The van der Waals surface area contributed by atoms with Crippen molar-refractivity contribution in [3.05, 3.63) is 59.9 Å². The van der Waals surface area contributed by atoms with Gasteiger partial charge in [-0.25, -0.2) is 12.8 Å². The van der Waals surface area contributed by atoms with E-state index < -0.39 is 15.8 Å². The van der Waals surface area contributed by atoms with E-state index >= 15 is 0 Å². The van der Waals surface area contributed by atoms with E-state index in [2.05, 4.69) is 25.5 Å². The summed E-state index contributed by atoms with van der Waals surface area (Å²) in [5.74, 6) is -0.767. The number of rotatable bonds is 3. The Balaban J connectivity index is 2.28. The van der Waals surface area contributed by atoms with Gasteiger partial charge >= 0.3 is 0 Å². The van der Waals surface area contributed by atoms with E-state index in [0.717, 1.165) is 11.6 Å². The second kappa shape index (κ2) is 5.48. The number of halogens is 1. The summed E-state index contributed by atoms with van der Waals surface area (Å²) in [4.78, 5) is -0.357. The Hall–Kier alpha value is -1.88. The monoisotopic (exact) mass is 307 g/mol. The number of anilines is 1. The first-order valence-corrected chi connectivity index (χ1v) is 8.06. The molecule has 2 aromatic carbocycles. The van der Waals surface area contributed by atoms with Crippen LogP contribution in [0.15, 0.2) is 53.4 Å². The van der Waals surface area contributed by atoms with E-state index in [4.69, 9.17) is 0 Å². The van der Waals surface area contributed by atoms with E-state index in [1.807, 2.05) is 12.1 Å². The van der Waals surface area contributed by atoms with Gasteiger partial charge in [0.25, 0.3) is 10.0 Å². The highest BCUT2D eigenvalue weighted by atomic mass is 32.2. The molecule has 0 radical (unpaired) electrons. The number of nitrogens with one attached hydrogen (secondary N) is 1. The topological polar surface area (TPSA) is 46.2 Å². The Labute approximate surface area is 124 Å². The normalized spacial score (nSPS) is 12.2. The molecule has 1 N–H and O–H groups in total. The summed E-state index contributed by atoms with van der Waals surface area (Å²) in [7, 11) is -3.92. The van der Waals surface area contributed by atoms with Crippen molar-refractivity contribution >= 4 is 15.7 Å². The van der Waals surface area contributed by atoms with E-state index in [1.165, 1.54) is 18.2 Å². The molecule has 0 aliphatic carbocycles. The molecule has 0 amide bonds. The lowest BCUT2D eigenvalue weighted by Gasteiger charge is -2.19. The van der Waals surface area contributed by atoms with Crippen LogP contribution in [0.1, 0.15) is 26.3 Å². The highest BCUT2D eigenvalue weighted by Gasteiger charge is 2.19. The summed E-state index contributed by atoms with van der Waals surface area (Å²) in [6, 6.07) is 12.4. The maximum absolute atomic E-state index is 13.6. The van der Waals surface area contributed by atoms with Crippen molar-refractivity contribution < 1.29 is 12.8 Å². The average molecular weight is 307 g/mol. The molecule has 0 fully saturated rings. The van der Waals surface area contributed by atoms with Gasteiger partial charge in [0, 0.05) is 5.69 Å². The zero-order valence-corrected chi connectivity index (χ0v) is 13.0. The minimum absolute atomic E-state index is 0.0110. The Kier molecular flexibility index (Phi) is 4.05. The van der Waals surface area contributed by atoms with Crippen LogP contribution >= 0.6 is 0 Å². The zero-order valence-electron chi connectivity index (χ0n) is 12.2. The Morgan fingerprint density at radius 3 is 2.05 bits per heavy atom. The van der Waals surface area contributed by atoms with Crippen LogP contribution in [0.3, 0.4) is 0 Å². The van der Waals surface area contributed by atoms with Gasteiger partial charge in [-0.1, -0.05) is 45.0 Å². The fraction of sp³-hybridized carbons (Fsp3) is 0.250. The van der Waals surface area contributed by atoms with Crippen LogP contribution in [-0.2, 0) is 15.4 Å². The minimum Gasteiger partial charge on any atom is -0.280 e. The number of benzene rings is 2. The molecule has 0 aromatic heterocycles. The van der Waals surface area contributed by atoms with Gasteiger partial charge in [-0.3, -0.25) is 4.72 Å². The molecule has 21 heavy (non-hydrogen) atoms. The molecule has 3 nitrogen and oxygen atoms in total. The maximum atomic E-state index is 13.6. The van der Waals surface area contributed by atoms with E-state index in [9.17, 15) is 12.8 Å². The molecule has 0 aliphatic rings. The average Bonchev–Trinajstić information content (AvgIpc) is 2.38. The van der Waals surface area contributed by atoms with Crippen LogP contribution in [0.4, 0.5) is 10.1 Å². The van der Waals surface area contributed by atoms with Gasteiger partial charge in [-0.2, -0.15) is 0 Å². The second-order valence-electron chi connectivity index (χ2n) is 5.86. The van der Waals surface area contributed by atoms with Crippen molar-refractivity contribution in [2.45, 2.75) is 31.1 Å². The Bertz CT molecular complexity index is 732. The molecule has 0 unspecified atom stereocenters. The molecule has 5 heteroatoms. The van der Waals surface area contributed by atoms with Crippen LogP contribution in [-0.4, -0.2) is 8.42 Å². The molecule has 0 spiro atoms. The summed E-state index contributed by atoms with van der Waals surface area (Å²) in [5, 5.41) is 0. The van der Waals surface area contributed by atoms with E-state index in [1.54, 1.807) is 12.1 Å². The molecule has 2 rings (SSSR count). The predicted octanol–water partition coefficient (Wildman–Crippen LogP) is 3.92. The summed E-state index contributed by atoms with van der Waals surface area (Å²) < 4.78 is 40.3. The first kappa shape index (κ1) is 15.5. The van der Waals surface area contributed by atoms with Crippen LogP contribution in [0, 0.1) is 5.82 Å². The summed E-state index contributed by atoms with van der Waals surface area (Å²) >= 11 is 0. The van der Waals surface area contributed by atoms with E-state index in [0.29, 0.717) is 5.69 Å². The van der Waals surface area contributed by atoms with Gasteiger partial charge in [0.2, 0.25) is 0 Å². The molecule has 0 bridgehead atoms. The lowest BCUT2D eigenvalue weighted by Crippen LogP contribution is -2.15. The standard InChI is InChI=1S/C16H18FNO2S/c1-16(2,3)12-8-10-13(11-9-12)18-21(19,20)15-7-5-4-6-14(15)17/h4-11,18H,1-3H3. The first-order chi connectivity index (χ1) is 9.70. The molecule has 2 aromatic rings. The number of sulfonamides is 1. The summed E-state index contributed by atoms with van der Waals surface area (Å²) in [5.41, 5.74) is 1.49. The first-order valence-electron chi connectivity index (χ1n) is 6.58. The molecular formula is C16H18FNO2S. The van der Waals surface area contributed by atoms with Crippen molar-refractivity contribution in [3.8, 4) is 0 Å². The second-order valence-corrected chi connectivity index (χ2v) is 7.51. The minimum atomic E-state index is -3.92. The van der Waals surface area contributed by atoms with Crippen LogP contribution < -0.4 is 4.72 Å². The highest BCUT2D eigenvalue weighted by molar-refractivity contribution is 7.92. The maximum Gasteiger partial charge on any atom is 0.264 e. The zero-order chi connectivity index (χ0) is 15.7. The van der Waals surface area contributed by atoms with E-state index in [-0.39, 0.29) is 10.3 Å². The third-order valence-electron chi connectivity index (χ3n) is 3.13. The van der Waals surface area contributed by atoms with Crippen molar-refractivity contribution in [3.63, 3.8) is 0 Å². The van der Waals surface area contributed by atoms with Crippen molar-refractivity contribution in [1.82, 2.24) is 0 Å². The highest BCUT2D eigenvalue weighted by Crippen LogP contribution is 2.25. The molecule has 0 saturated heterocycles. The fourth-order valence-corrected chi connectivity index (χ4v) is 3.05. The summed E-state index contributed by atoms with van der Waals surface area (Å²) in [6.45, 7) is 6.22. The van der Waals surface area contributed by atoms with Gasteiger partial charge < -0.3 is 0 Å². The third-order valence-corrected chi connectivity index (χ3v) is 4.54. The predicted molar refractivity (Wildman–Crippen MR) is 82.4 cm³/mol. The van der Waals surface area contributed by atoms with Gasteiger partial charge in [-0.05, 0) is 35.2 Å². The molecule has 112 valence electrons. The number of hydrogen-bond acceptors (Lipinski definition) is 2. The largest absolute Gasteiger partial charge is 0.280 e. The third kappa shape index (κ3) is 3.61. The van der Waals surface area contributed by atoms with Crippen LogP contribution in [0.25, 0.3) is 0 Å². The molecule has 0 saturated carbocycles. The Morgan fingerprint density at radius 2 is 1.52 bits per heavy atom. The van der Waals surface area contributed by atoms with Gasteiger partial charge in [0.05, 0.1) is 0 Å². The molecular weight excluding hydrogens is 289 g/mol. The lowest BCUT2D eigenvalue weighted by molar-refractivity contribution is 0.570. The fourth-order valence-electron chi connectivity index (χ4n) is 1.91. The number of hydrogen-bond donors (Lipinski definition) is 1. The SMILES string of the molecule is CC(C)(C)c1ccc(NS(=O)(=O)c2ccccc2F)cc1. The molecule has 0 atom stereocenters. The van der Waals surface area contributed by atoms with Gasteiger partial charge in [0.1, 0.15) is 10.7 Å². The van der Waals surface area contributed by atoms with Crippen LogP contribution in [0.2, 0.25) is 0 Å². The smallest absolute Gasteiger partial charge is 0.264 e. The van der Waals surface area contributed by atoms with Crippen molar-refractivity contribution in [2.75, 3.05) is 4.72 Å². The van der Waals surface area contributed by atoms with Crippen molar-refractivity contribution in [1.29, 1.82) is 0 Å². The Morgan fingerprint density at radius 1 is 0.952 bits per heavy atom. The quantitative estimate of drug-likeness (QED) is 0.934. The summed E-state index contributed by atoms with van der Waals surface area (Å²) in [6.07, 6.45) is 0. The molecule has 0 aliphatic heterocycles.